The molecule has 1 saturated carbocycles. The number of hydrogen-bond donors (Lipinski definition) is 2. The second-order valence-corrected chi connectivity index (χ2v) is 8.06. The molecule has 0 bridgehead atoms. The van der Waals surface area contributed by atoms with Crippen molar-refractivity contribution < 1.29 is 23.0 Å². The van der Waals surface area contributed by atoms with Crippen molar-refractivity contribution in [1.82, 2.24) is 9.55 Å². The van der Waals surface area contributed by atoms with Crippen molar-refractivity contribution in [2.45, 2.75) is 37.8 Å². The van der Waals surface area contributed by atoms with Crippen LogP contribution in [0.1, 0.15) is 37.3 Å². The van der Waals surface area contributed by atoms with Gasteiger partial charge >= 0.3 is 5.69 Å². The number of aliphatic hydroxyl groups excluding tert-OH is 1. The van der Waals surface area contributed by atoms with Gasteiger partial charge in [0, 0.05) is 25.0 Å². The Hall–Kier alpha value is -2.75. The second kappa shape index (κ2) is 6.63. The second-order valence-electron chi connectivity index (χ2n) is 8.06. The molecule has 2 aliphatic carbocycles. The molecule has 2 unspecified atom stereocenters. The predicted octanol–water partition coefficient (Wildman–Crippen LogP) is 2.24. The zero-order chi connectivity index (χ0) is 21.3. The predicted molar refractivity (Wildman–Crippen MR) is 103 cm³/mol. The summed E-state index contributed by atoms with van der Waals surface area (Å²) in [5, 5.41) is 9.60. The number of nitrogens with one attached hydrogen (secondary N) is 1. The largest absolute Gasteiger partial charge is 0.492 e. The molecule has 1 aromatic heterocycles. The van der Waals surface area contributed by atoms with E-state index in [1.54, 1.807) is 4.90 Å². The minimum Gasteiger partial charge on any atom is -0.492 e. The molecule has 0 radical (unpaired) electrons. The molecule has 10 heteroatoms. The summed E-state index contributed by atoms with van der Waals surface area (Å²) in [6.07, 6.45) is -0.210. The van der Waals surface area contributed by atoms with E-state index < -0.39 is 40.5 Å². The van der Waals surface area contributed by atoms with Crippen LogP contribution in [0, 0.1) is 11.7 Å². The SMILES string of the molecule is COc1c(N2CC3=CCC(O)C3C2)c(F)c(C(F)F)c2c(=O)[nH]c(=O)n(C3CC3)c12. The number of halogens is 3. The van der Waals surface area contributed by atoms with Crippen molar-refractivity contribution in [3.05, 3.63) is 43.9 Å². The minimum absolute atomic E-state index is 0.105. The molecular formula is C20H20F3N3O4. The van der Waals surface area contributed by atoms with Gasteiger partial charge in [-0.05, 0) is 24.8 Å². The Kier molecular flexibility index (Phi) is 4.25. The van der Waals surface area contributed by atoms with Crippen molar-refractivity contribution in [2.75, 3.05) is 25.1 Å². The molecule has 30 heavy (non-hydrogen) atoms. The van der Waals surface area contributed by atoms with Gasteiger partial charge < -0.3 is 14.7 Å². The number of aliphatic hydroxyl groups is 1. The molecule has 1 aromatic carbocycles. The lowest BCUT2D eigenvalue weighted by Gasteiger charge is -2.26. The van der Waals surface area contributed by atoms with Gasteiger partial charge in [-0.25, -0.2) is 18.0 Å². The molecule has 2 atom stereocenters. The summed E-state index contributed by atoms with van der Waals surface area (Å²) < 4.78 is 50.2. The fourth-order valence-corrected chi connectivity index (χ4v) is 4.78. The Morgan fingerprint density at radius 2 is 2.03 bits per heavy atom. The number of ether oxygens (including phenoxy) is 1. The number of aromatic amines is 1. The third-order valence-corrected chi connectivity index (χ3v) is 6.29. The van der Waals surface area contributed by atoms with E-state index in [2.05, 4.69) is 0 Å². The number of benzene rings is 1. The van der Waals surface area contributed by atoms with Crippen LogP contribution in [0.5, 0.6) is 5.75 Å². The third kappa shape index (κ3) is 2.62. The van der Waals surface area contributed by atoms with Gasteiger partial charge in [-0.1, -0.05) is 6.08 Å². The highest BCUT2D eigenvalue weighted by Crippen LogP contribution is 2.48. The van der Waals surface area contributed by atoms with Crippen molar-refractivity contribution in [2.24, 2.45) is 5.92 Å². The quantitative estimate of drug-likeness (QED) is 0.737. The zero-order valence-corrected chi connectivity index (χ0v) is 16.1. The van der Waals surface area contributed by atoms with Gasteiger partial charge in [0.25, 0.3) is 12.0 Å². The third-order valence-electron chi connectivity index (χ3n) is 6.29. The molecular weight excluding hydrogens is 403 g/mol. The molecule has 0 spiro atoms. The van der Waals surface area contributed by atoms with Gasteiger partial charge in [0.1, 0.15) is 11.2 Å². The van der Waals surface area contributed by atoms with Crippen molar-refractivity contribution in [3.63, 3.8) is 0 Å². The van der Waals surface area contributed by atoms with Gasteiger partial charge in [0.05, 0.1) is 24.2 Å². The number of alkyl halides is 2. The average Bonchev–Trinajstić information content (AvgIpc) is 3.34. The van der Waals surface area contributed by atoms with E-state index in [0.717, 1.165) is 5.57 Å². The number of nitrogens with zero attached hydrogens (tertiary/aromatic N) is 2. The van der Waals surface area contributed by atoms with Crippen LogP contribution in [-0.2, 0) is 0 Å². The van der Waals surface area contributed by atoms with E-state index in [4.69, 9.17) is 4.74 Å². The number of hydrogen-bond acceptors (Lipinski definition) is 5. The van der Waals surface area contributed by atoms with E-state index in [1.807, 2.05) is 11.1 Å². The maximum Gasteiger partial charge on any atom is 0.329 e. The molecule has 1 saturated heterocycles. The Morgan fingerprint density at radius 1 is 1.30 bits per heavy atom. The molecule has 3 aliphatic rings. The fraction of sp³-hybridized carbons (Fsp3) is 0.500. The van der Waals surface area contributed by atoms with Crippen LogP contribution in [0.3, 0.4) is 0 Å². The van der Waals surface area contributed by atoms with Gasteiger partial charge in [0.2, 0.25) is 0 Å². The highest BCUT2D eigenvalue weighted by atomic mass is 19.3. The molecule has 2 heterocycles. The lowest BCUT2D eigenvalue weighted by molar-refractivity contribution is 0.146. The Balaban J connectivity index is 1.86. The smallest absolute Gasteiger partial charge is 0.329 e. The van der Waals surface area contributed by atoms with Crippen molar-refractivity contribution >= 4 is 16.6 Å². The summed E-state index contributed by atoms with van der Waals surface area (Å²) in [4.78, 5) is 28.6. The number of methoxy groups -OCH3 is 1. The summed E-state index contributed by atoms with van der Waals surface area (Å²) in [6, 6.07) is -0.267. The normalized spacial score (nSPS) is 23.4. The standard InChI is InChI=1S/C20H20F3N3O4/c1-30-17-15-13(19(28)24-20(29)26(15)9-3-4-9)12(18(22)23)14(21)16(17)25-6-8-2-5-11(27)10(8)7-25/h2,9-11,18,27H,3-7H2,1H3,(H,24,28,29). The first kappa shape index (κ1) is 19.2. The van der Waals surface area contributed by atoms with E-state index in [-0.39, 0.29) is 42.0 Å². The molecule has 7 nitrogen and oxygen atoms in total. The number of fused-ring (bicyclic) bond motifs is 2. The lowest BCUT2D eigenvalue weighted by Crippen LogP contribution is -2.32. The maximum absolute atomic E-state index is 15.5. The Labute approximate surface area is 168 Å². The monoisotopic (exact) mass is 423 g/mol. The van der Waals surface area contributed by atoms with Gasteiger partial charge in [-0.2, -0.15) is 0 Å². The fourth-order valence-electron chi connectivity index (χ4n) is 4.78. The van der Waals surface area contributed by atoms with Crippen LogP contribution in [0.2, 0.25) is 0 Å². The molecule has 1 aliphatic heterocycles. The van der Waals surface area contributed by atoms with Gasteiger partial charge in [-0.15, -0.1) is 0 Å². The van der Waals surface area contributed by atoms with Crippen molar-refractivity contribution in [3.8, 4) is 5.75 Å². The van der Waals surface area contributed by atoms with E-state index in [1.165, 1.54) is 11.7 Å². The Bertz CT molecular complexity index is 1200. The number of rotatable bonds is 4. The van der Waals surface area contributed by atoms with E-state index >= 15 is 4.39 Å². The first-order valence-corrected chi connectivity index (χ1v) is 9.81. The Morgan fingerprint density at radius 3 is 2.63 bits per heavy atom. The summed E-state index contributed by atoms with van der Waals surface area (Å²) in [7, 11) is 1.26. The number of anilines is 1. The van der Waals surface area contributed by atoms with Crippen LogP contribution in [-0.4, -0.2) is 41.0 Å². The van der Waals surface area contributed by atoms with Crippen molar-refractivity contribution in [1.29, 1.82) is 0 Å². The van der Waals surface area contributed by atoms with Crippen LogP contribution in [0.4, 0.5) is 18.9 Å². The van der Waals surface area contributed by atoms with E-state index in [9.17, 15) is 23.5 Å². The summed E-state index contributed by atoms with van der Waals surface area (Å²) in [5.74, 6) is -1.57. The number of aromatic nitrogens is 2. The van der Waals surface area contributed by atoms with Crippen LogP contribution >= 0.6 is 0 Å². The van der Waals surface area contributed by atoms with Crippen LogP contribution < -0.4 is 20.9 Å². The number of H-pyrrole nitrogens is 1. The highest BCUT2D eigenvalue weighted by molar-refractivity contribution is 5.94. The minimum atomic E-state index is -3.27. The van der Waals surface area contributed by atoms with Crippen LogP contribution in [0.25, 0.3) is 10.9 Å². The van der Waals surface area contributed by atoms with Gasteiger partial charge in [-0.3, -0.25) is 14.3 Å². The van der Waals surface area contributed by atoms with Gasteiger partial charge in [0.15, 0.2) is 11.6 Å². The molecule has 2 aromatic rings. The first-order chi connectivity index (χ1) is 14.3. The molecule has 2 N–H and O–H groups in total. The maximum atomic E-state index is 15.5. The zero-order valence-electron chi connectivity index (χ0n) is 16.1. The molecule has 2 fully saturated rings. The molecule has 5 rings (SSSR count). The summed E-state index contributed by atoms with van der Waals surface area (Å²) in [6.45, 7) is 0.478. The summed E-state index contributed by atoms with van der Waals surface area (Å²) >= 11 is 0. The van der Waals surface area contributed by atoms with Crippen LogP contribution in [0.15, 0.2) is 21.2 Å². The summed E-state index contributed by atoms with van der Waals surface area (Å²) in [5.41, 5.74) is -2.24. The van der Waals surface area contributed by atoms with E-state index in [0.29, 0.717) is 19.3 Å². The lowest BCUT2D eigenvalue weighted by atomic mass is 10.0. The topological polar surface area (TPSA) is 87.6 Å². The molecule has 160 valence electrons. The average molecular weight is 423 g/mol. The molecule has 0 amide bonds. The highest BCUT2D eigenvalue weighted by Gasteiger charge is 2.41. The first-order valence-electron chi connectivity index (χ1n) is 9.81.